The van der Waals surface area contributed by atoms with Crippen molar-refractivity contribution >= 4 is 33.2 Å². The maximum atomic E-state index is 12.9. The molecule has 31 heavy (non-hydrogen) atoms. The number of alkyl halides is 3. The summed E-state index contributed by atoms with van der Waals surface area (Å²) in [6, 6.07) is 7.70. The second-order valence-electron chi connectivity index (χ2n) is 6.12. The van der Waals surface area contributed by atoms with Gasteiger partial charge in [0.05, 0.1) is 30.5 Å². The van der Waals surface area contributed by atoms with Gasteiger partial charge in [-0.1, -0.05) is 6.07 Å². The van der Waals surface area contributed by atoms with E-state index in [9.17, 15) is 26.4 Å². The fourth-order valence-electron chi connectivity index (χ4n) is 2.57. The normalized spacial score (nSPS) is 11.9. The quantitative estimate of drug-likeness (QED) is 0.579. The van der Waals surface area contributed by atoms with Gasteiger partial charge in [0.1, 0.15) is 0 Å². The molecule has 0 atom stereocenters. The van der Waals surface area contributed by atoms with Crippen LogP contribution in [0, 0.1) is 0 Å². The Morgan fingerprint density at radius 3 is 2.29 bits per heavy atom. The van der Waals surface area contributed by atoms with Crippen LogP contribution in [0.25, 0.3) is 6.08 Å². The molecule has 0 fully saturated rings. The molecule has 0 aliphatic carbocycles. The molecule has 2 aromatic rings. The Labute approximate surface area is 177 Å². The Morgan fingerprint density at radius 1 is 1.03 bits per heavy atom. The van der Waals surface area contributed by atoms with E-state index in [4.69, 9.17) is 9.47 Å². The summed E-state index contributed by atoms with van der Waals surface area (Å²) in [5.74, 6) is 0.280. The van der Waals surface area contributed by atoms with Crippen LogP contribution in [-0.2, 0) is 14.6 Å². The van der Waals surface area contributed by atoms with Crippen molar-refractivity contribution in [1.29, 1.82) is 0 Å². The number of carbonyl (C=O) groups is 1. The highest BCUT2D eigenvalue weighted by atomic mass is 32.2. The van der Waals surface area contributed by atoms with Crippen LogP contribution in [0.2, 0.25) is 0 Å². The van der Waals surface area contributed by atoms with Crippen molar-refractivity contribution in [3.8, 4) is 11.5 Å². The number of hydrogen-bond acceptors (Lipinski definition) is 6. The number of amides is 1. The first-order valence-corrected chi connectivity index (χ1v) is 10.4. The van der Waals surface area contributed by atoms with Crippen molar-refractivity contribution in [1.82, 2.24) is 0 Å². The molecule has 0 aliphatic heterocycles. The molecule has 1 amide bonds. The molecule has 0 spiro atoms. The molecule has 2 rings (SSSR count). The third kappa shape index (κ3) is 5.69. The van der Waals surface area contributed by atoms with Crippen molar-refractivity contribution < 1.29 is 35.9 Å². The van der Waals surface area contributed by atoms with Gasteiger partial charge < -0.3 is 20.1 Å². The predicted molar refractivity (Wildman–Crippen MR) is 111 cm³/mol. The van der Waals surface area contributed by atoms with Crippen molar-refractivity contribution in [3.05, 3.63) is 48.0 Å². The van der Waals surface area contributed by atoms with Crippen LogP contribution in [0.5, 0.6) is 11.5 Å². The van der Waals surface area contributed by atoms with Crippen molar-refractivity contribution in [3.63, 3.8) is 0 Å². The Kier molecular flexibility index (Phi) is 7.55. The highest BCUT2D eigenvalue weighted by molar-refractivity contribution is 7.92. The molecule has 0 unspecified atom stereocenters. The van der Waals surface area contributed by atoms with E-state index in [1.165, 1.54) is 20.3 Å². The van der Waals surface area contributed by atoms with Gasteiger partial charge in [-0.25, -0.2) is 8.42 Å². The summed E-state index contributed by atoms with van der Waals surface area (Å²) in [5, 5.41) is 5.26. The summed E-state index contributed by atoms with van der Waals surface area (Å²) in [7, 11) is -2.62. The number of benzene rings is 2. The van der Waals surface area contributed by atoms with Gasteiger partial charge in [0, 0.05) is 12.6 Å². The van der Waals surface area contributed by atoms with Crippen LogP contribution >= 0.6 is 0 Å². The summed E-state index contributed by atoms with van der Waals surface area (Å²) in [5.41, 5.74) is -4.68. The average molecular weight is 458 g/mol. The SMILES string of the molecule is CCNc1ccc(S(=O)(=O)C(F)(F)F)cc1NC(=O)/C=C/c1ccc(OC)c(OC)c1. The lowest BCUT2D eigenvalue weighted by atomic mass is 10.2. The second-order valence-corrected chi connectivity index (χ2v) is 8.07. The number of sulfone groups is 1. The zero-order valence-electron chi connectivity index (χ0n) is 16.9. The third-order valence-corrected chi connectivity index (χ3v) is 5.55. The van der Waals surface area contributed by atoms with Crippen LogP contribution in [0.3, 0.4) is 0 Å². The summed E-state index contributed by atoms with van der Waals surface area (Å²) in [6.07, 6.45) is 2.61. The molecule has 2 aromatic carbocycles. The number of anilines is 2. The Bertz CT molecular complexity index is 1080. The predicted octanol–water partition coefficient (Wildman–Crippen LogP) is 4.08. The van der Waals surface area contributed by atoms with E-state index in [2.05, 4.69) is 10.6 Å². The minimum atomic E-state index is -5.56. The molecule has 0 saturated carbocycles. The Morgan fingerprint density at radius 2 is 1.71 bits per heavy atom. The molecule has 0 bridgehead atoms. The number of nitrogens with one attached hydrogen (secondary N) is 2. The lowest BCUT2D eigenvalue weighted by Crippen LogP contribution is -2.23. The maximum Gasteiger partial charge on any atom is 0.501 e. The summed E-state index contributed by atoms with van der Waals surface area (Å²) in [4.78, 5) is 11.4. The van der Waals surface area contributed by atoms with E-state index < -0.39 is 26.1 Å². The zero-order valence-corrected chi connectivity index (χ0v) is 17.7. The molecular formula is C20H21F3N2O5S. The van der Waals surface area contributed by atoms with Crippen molar-refractivity contribution in [2.75, 3.05) is 31.4 Å². The van der Waals surface area contributed by atoms with Gasteiger partial charge in [0.15, 0.2) is 11.5 Å². The monoisotopic (exact) mass is 458 g/mol. The van der Waals surface area contributed by atoms with Gasteiger partial charge in [-0.3, -0.25) is 4.79 Å². The van der Waals surface area contributed by atoms with E-state index in [1.807, 2.05) is 0 Å². The van der Waals surface area contributed by atoms with Crippen LogP contribution < -0.4 is 20.1 Å². The number of ether oxygens (including phenoxy) is 2. The first-order valence-electron chi connectivity index (χ1n) is 8.93. The molecule has 0 radical (unpaired) electrons. The molecule has 0 aromatic heterocycles. The van der Waals surface area contributed by atoms with E-state index in [0.29, 0.717) is 23.6 Å². The minimum absolute atomic E-state index is 0.103. The van der Waals surface area contributed by atoms with Crippen LogP contribution in [-0.4, -0.2) is 40.6 Å². The van der Waals surface area contributed by atoms with Crippen molar-refractivity contribution in [2.45, 2.75) is 17.3 Å². The van der Waals surface area contributed by atoms with Crippen LogP contribution in [0.1, 0.15) is 12.5 Å². The van der Waals surface area contributed by atoms with Crippen molar-refractivity contribution in [2.24, 2.45) is 0 Å². The number of hydrogen-bond donors (Lipinski definition) is 2. The maximum absolute atomic E-state index is 12.9. The fraction of sp³-hybridized carbons (Fsp3) is 0.250. The van der Waals surface area contributed by atoms with E-state index in [0.717, 1.165) is 24.3 Å². The second kappa shape index (κ2) is 9.73. The molecular weight excluding hydrogens is 437 g/mol. The first kappa shape index (κ1) is 24.1. The molecule has 168 valence electrons. The molecule has 0 aliphatic rings. The van der Waals surface area contributed by atoms with Gasteiger partial charge in [-0.15, -0.1) is 0 Å². The lowest BCUT2D eigenvalue weighted by Gasteiger charge is -2.14. The number of carbonyl (C=O) groups excluding carboxylic acids is 1. The number of rotatable bonds is 8. The Hall–Kier alpha value is -3.21. The first-order chi connectivity index (χ1) is 14.5. The largest absolute Gasteiger partial charge is 0.501 e. The molecule has 0 saturated heterocycles. The highest BCUT2D eigenvalue weighted by Crippen LogP contribution is 2.34. The fourth-order valence-corrected chi connectivity index (χ4v) is 3.36. The molecule has 7 nitrogen and oxygen atoms in total. The van der Waals surface area contributed by atoms with Gasteiger partial charge in [0.2, 0.25) is 5.91 Å². The topological polar surface area (TPSA) is 93.7 Å². The van der Waals surface area contributed by atoms with E-state index >= 15 is 0 Å². The molecule has 2 N–H and O–H groups in total. The smallest absolute Gasteiger partial charge is 0.493 e. The van der Waals surface area contributed by atoms with E-state index in [-0.39, 0.29) is 11.4 Å². The molecule has 11 heteroatoms. The number of halogens is 3. The number of methoxy groups -OCH3 is 2. The Balaban J connectivity index is 2.30. The van der Waals surface area contributed by atoms with E-state index in [1.54, 1.807) is 25.1 Å². The molecule has 0 heterocycles. The van der Waals surface area contributed by atoms with Gasteiger partial charge in [0.25, 0.3) is 9.84 Å². The summed E-state index contributed by atoms with van der Waals surface area (Å²) >= 11 is 0. The van der Waals surface area contributed by atoms with Crippen LogP contribution in [0.15, 0.2) is 47.4 Å². The highest BCUT2D eigenvalue weighted by Gasteiger charge is 2.47. The summed E-state index contributed by atoms with van der Waals surface area (Å²) < 4.78 is 72.3. The standard InChI is InChI=1S/C20H21F3N2O5S/c1-4-24-15-8-7-14(31(27,28)20(21,22)23)12-16(15)25-19(26)10-6-13-5-9-17(29-2)18(11-13)30-3/h5-12,24H,4H2,1-3H3,(H,25,26)/b10-6+. The minimum Gasteiger partial charge on any atom is -0.493 e. The van der Waals surface area contributed by atoms with Gasteiger partial charge >= 0.3 is 5.51 Å². The zero-order chi connectivity index (χ0) is 23.2. The van der Waals surface area contributed by atoms with Gasteiger partial charge in [-0.2, -0.15) is 13.2 Å². The van der Waals surface area contributed by atoms with Gasteiger partial charge in [-0.05, 0) is 48.9 Å². The average Bonchev–Trinajstić information content (AvgIpc) is 2.72. The summed E-state index contributed by atoms with van der Waals surface area (Å²) in [6.45, 7) is 2.14. The van der Waals surface area contributed by atoms with Crippen LogP contribution in [0.4, 0.5) is 24.5 Å². The third-order valence-electron chi connectivity index (χ3n) is 4.07. The lowest BCUT2D eigenvalue weighted by molar-refractivity contribution is -0.111.